The van der Waals surface area contributed by atoms with Crippen LogP contribution in [0.4, 0.5) is 5.82 Å². The van der Waals surface area contributed by atoms with E-state index >= 15 is 0 Å². The minimum absolute atomic E-state index is 0.314. The molecule has 1 saturated carbocycles. The first-order chi connectivity index (χ1) is 13.6. The maximum absolute atomic E-state index is 6.43. The summed E-state index contributed by atoms with van der Waals surface area (Å²) < 4.78 is 1.71. The van der Waals surface area contributed by atoms with Crippen molar-refractivity contribution in [2.45, 2.75) is 26.2 Å². The summed E-state index contributed by atoms with van der Waals surface area (Å²) in [6.45, 7) is 4.79. The zero-order valence-corrected chi connectivity index (χ0v) is 16.3. The third kappa shape index (κ3) is 3.45. The fourth-order valence-electron chi connectivity index (χ4n) is 3.44. The molecule has 0 aromatic carbocycles. The SMILES string of the molecule is CCNc1cc(C2CC2/C(N)=C/C(=NC)c2ccc3nnc(C)n3n2)ccn1. The van der Waals surface area contributed by atoms with E-state index in [1.807, 2.05) is 31.3 Å². The lowest BCUT2D eigenvalue weighted by Crippen LogP contribution is -2.10. The van der Waals surface area contributed by atoms with Crippen molar-refractivity contribution in [1.82, 2.24) is 24.8 Å². The van der Waals surface area contributed by atoms with E-state index in [1.54, 1.807) is 11.6 Å². The van der Waals surface area contributed by atoms with Gasteiger partial charge in [0, 0.05) is 31.4 Å². The van der Waals surface area contributed by atoms with Crippen LogP contribution in [0.15, 0.2) is 47.2 Å². The van der Waals surface area contributed by atoms with E-state index in [0.29, 0.717) is 17.5 Å². The van der Waals surface area contributed by atoms with Crippen LogP contribution in [0.25, 0.3) is 5.65 Å². The van der Waals surface area contributed by atoms with Crippen LogP contribution >= 0.6 is 0 Å². The smallest absolute Gasteiger partial charge is 0.177 e. The predicted molar refractivity (Wildman–Crippen MR) is 109 cm³/mol. The average molecular weight is 376 g/mol. The van der Waals surface area contributed by atoms with Gasteiger partial charge in [0.05, 0.1) is 5.71 Å². The Morgan fingerprint density at radius 1 is 1.36 bits per heavy atom. The third-order valence-electron chi connectivity index (χ3n) is 5.01. The topological polar surface area (TPSA) is 106 Å². The molecule has 3 N–H and O–H groups in total. The van der Waals surface area contributed by atoms with Crippen LogP contribution in [0.3, 0.4) is 0 Å². The fourth-order valence-corrected chi connectivity index (χ4v) is 3.44. The van der Waals surface area contributed by atoms with Crippen LogP contribution in [-0.4, -0.2) is 44.1 Å². The molecule has 3 heterocycles. The van der Waals surface area contributed by atoms with Gasteiger partial charge in [-0.25, -0.2) is 4.98 Å². The molecule has 8 heteroatoms. The summed E-state index contributed by atoms with van der Waals surface area (Å²) >= 11 is 0. The highest BCUT2D eigenvalue weighted by Crippen LogP contribution is 2.50. The Hall–Kier alpha value is -3.29. The molecule has 1 aliphatic rings. The number of aryl methyl sites for hydroxylation is 1. The van der Waals surface area contributed by atoms with Crippen LogP contribution in [-0.2, 0) is 0 Å². The molecule has 0 spiro atoms. The Bertz CT molecular complexity index is 1070. The van der Waals surface area contributed by atoms with Gasteiger partial charge in [-0.1, -0.05) is 0 Å². The summed E-state index contributed by atoms with van der Waals surface area (Å²) in [7, 11) is 1.75. The number of rotatable bonds is 6. The van der Waals surface area contributed by atoms with E-state index < -0.39 is 0 Å². The van der Waals surface area contributed by atoms with E-state index in [9.17, 15) is 0 Å². The molecule has 8 nitrogen and oxygen atoms in total. The molecule has 3 aromatic rings. The highest BCUT2D eigenvalue weighted by Gasteiger charge is 2.40. The Morgan fingerprint density at radius 2 is 2.21 bits per heavy atom. The summed E-state index contributed by atoms with van der Waals surface area (Å²) in [6.07, 6.45) is 4.82. The molecule has 1 fully saturated rings. The van der Waals surface area contributed by atoms with Crippen molar-refractivity contribution in [3.63, 3.8) is 0 Å². The zero-order valence-electron chi connectivity index (χ0n) is 16.3. The summed E-state index contributed by atoms with van der Waals surface area (Å²) in [5.74, 6) is 2.38. The van der Waals surface area contributed by atoms with E-state index in [2.05, 4.69) is 49.6 Å². The van der Waals surface area contributed by atoms with Gasteiger partial charge in [-0.2, -0.15) is 9.61 Å². The van der Waals surface area contributed by atoms with Crippen molar-refractivity contribution < 1.29 is 0 Å². The number of aromatic nitrogens is 5. The van der Waals surface area contributed by atoms with Crippen molar-refractivity contribution >= 4 is 17.2 Å². The van der Waals surface area contributed by atoms with E-state index in [1.165, 1.54) is 5.56 Å². The number of nitrogens with zero attached hydrogens (tertiary/aromatic N) is 6. The van der Waals surface area contributed by atoms with E-state index in [0.717, 1.165) is 41.7 Å². The number of anilines is 1. The molecule has 0 aliphatic heterocycles. The standard InChI is InChI=1S/C20H24N8/c1-4-23-19-9-13(7-8-24-19)14-10-15(14)16(21)11-18(22-3)17-5-6-20-26-25-12(2)28(20)27-17/h5-9,11,14-15H,4,10,21H2,1-3H3,(H,23,24)/b16-11-,22-18?. The molecular weight excluding hydrogens is 352 g/mol. The Morgan fingerprint density at radius 3 is 3.00 bits per heavy atom. The zero-order chi connectivity index (χ0) is 19.7. The molecular formula is C20H24N8. The van der Waals surface area contributed by atoms with Gasteiger partial charge in [-0.05, 0) is 62.1 Å². The second-order valence-corrected chi connectivity index (χ2v) is 6.94. The predicted octanol–water partition coefficient (Wildman–Crippen LogP) is 2.32. The molecule has 144 valence electrons. The Labute approximate surface area is 163 Å². The minimum atomic E-state index is 0.314. The van der Waals surface area contributed by atoms with Crippen molar-refractivity contribution in [1.29, 1.82) is 0 Å². The maximum atomic E-state index is 6.43. The molecule has 28 heavy (non-hydrogen) atoms. The fraction of sp³-hybridized carbons (Fsp3) is 0.350. The molecule has 0 bridgehead atoms. The minimum Gasteiger partial charge on any atom is -0.402 e. The monoisotopic (exact) mass is 376 g/mol. The van der Waals surface area contributed by atoms with Crippen molar-refractivity contribution in [3.05, 3.63) is 59.3 Å². The van der Waals surface area contributed by atoms with Crippen LogP contribution in [0.1, 0.15) is 36.3 Å². The number of aliphatic imine (C=N–C) groups is 1. The molecule has 4 rings (SSSR count). The molecule has 0 amide bonds. The lowest BCUT2D eigenvalue weighted by Gasteiger charge is -2.06. The Kier molecular flexibility index (Phi) is 4.77. The Balaban J connectivity index is 1.54. The van der Waals surface area contributed by atoms with Gasteiger partial charge in [-0.3, -0.25) is 4.99 Å². The van der Waals surface area contributed by atoms with E-state index in [-0.39, 0.29) is 0 Å². The van der Waals surface area contributed by atoms with Crippen LogP contribution in [0.5, 0.6) is 0 Å². The molecule has 0 radical (unpaired) electrons. The maximum Gasteiger partial charge on any atom is 0.177 e. The van der Waals surface area contributed by atoms with Gasteiger partial charge in [0.1, 0.15) is 11.5 Å². The van der Waals surface area contributed by atoms with Gasteiger partial charge in [-0.15, -0.1) is 10.2 Å². The van der Waals surface area contributed by atoms with Crippen molar-refractivity contribution in [3.8, 4) is 0 Å². The molecule has 0 saturated heterocycles. The quantitative estimate of drug-likeness (QED) is 0.640. The normalized spacial score (nSPS) is 19.8. The first kappa shape index (κ1) is 18.1. The van der Waals surface area contributed by atoms with Gasteiger partial charge in [0.15, 0.2) is 11.5 Å². The van der Waals surface area contributed by atoms with Crippen molar-refractivity contribution in [2.75, 3.05) is 18.9 Å². The highest BCUT2D eigenvalue weighted by atomic mass is 15.4. The highest BCUT2D eigenvalue weighted by molar-refractivity contribution is 6.07. The van der Waals surface area contributed by atoms with Crippen molar-refractivity contribution in [2.24, 2.45) is 16.6 Å². The van der Waals surface area contributed by atoms with Crippen LogP contribution < -0.4 is 11.1 Å². The lowest BCUT2D eigenvalue weighted by atomic mass is 10.1. The van der Waals surface area contributed by atoms with Crippen LogP contribution in [0.2, 0.25) is 0 Å². The number of pyridine rings is 1. The first-order valence-corrected chi connectivity index (χ1v) is 9.43. The number of hydrogen-bond acceptors (Lipinski definition) is 7. The summed E-state index contributed by atoms with van der Waals surface area (Å²) in [4.78, 5) is 8.73. The first-order valence-electron chi connectivity index (χ1n) is 9.43. The second-order valence-electron chi connectivity index (χ2n) is 6.94. The summed E-state index contributed by atoms with van der Waals surface area (Å²) in [5, 5.41) is 16.0. The lowest BCUT2D eigenvalue weighted by molar-refractivity contribution is 0.867. The number of allylic oxidation sites excluding steroid dienone is 2. The van der Waals surface area contributed by atoms with Gasteiger partial charge < -0.3 is 11.1 Å². The number of hydrogen-bond donors (Lipinski definition) is 2. The van der Waals surface area contributed by atoms with Gasteiger partial charge >= 0.3 is 0 Å². The second kappa shape index (κ2) is 7.38. The number of nitrogens with two attached hydrogens (primary N) is 1. The van der Waals surface area contributed by atoms with Crippen LogP contribution in [0, 0.1) is 12.8 Å². The summed E-state index contributed by atoms with van der Waals surface area (Å²) in [5.41, 5.74) is 10.7. The summed E-state index contributed by atoms with van der Waals surface area (Å²) in [6, 6.07) is 7.96. The third-order valence-corrected chi connectivity index (χ3v) is 5.01. The molecule has 3 aromatic heterocycles. The average Bonchev–Trinajstić information content (AvgIpc) is 3.44. The molecule has 1 aliphatic carbocycles. The van der Waals surface area contributed by atoms with Gasteiger partial charge in [0.2, 0.25) is 0 Å². The van der Waals surface area contributed by atoms with E-state index in [4.69, 9.17) is 5.73 Å². The largest absolute Gasteiger partial charge is 0.402 e. The number of nitrogens with one attached hydrogen (secondary N) is 1. The number of fused-ring (bicyclic) bond motifs is 1. The molecule has 2 atom stereocenters. The van der Waals surface area contributed by atoms with Gasteiger partial charge in [0.25, 0.3) is 0 Å². The molecule has 2 unspecified atom stereocenters.